The summed E-state index contributed by atoms with van der Waals surface area (Å²) in [6.07, 6.45) is 5.47. The lowest BCUT2D eigenvalue weighted by molar-refractivity contribution is -0.137. The normalized spacial score (nSPS) is 10.7. The van der Waals surface area contributed by atoms with Gasteiger partial charge >= 0.3 is 5.97 Å². The molecule has 0 aliphatic rings. The van der Waals surface area contributed by atoms with E-state index in [1.165, 1.54) is 18.5 Å². The fourth-order valence-electron chi connectivity index (χ4n) is 1.06. The van der Waals surface area contributed by atoms with Gasteiger partial charge in [-0.1, -0.05) is 26.0 Å². The van der Waals surface area contributed by atoms with Crippen LogP contribution in [0.3, 0.4) is 0 Å². The summed E-state index contributed by atoms with van der Waals surface area (Å²) >= 11 is 0. The zero-order valence-electron chi connectivity index (χ0n) is 9.67. The molecule has 3 nitrogen and oxygen atoms in total. The van der Waals surface area contributed by atoms with Crippen molar-refractivity contribution in [1.29, 1.82) is 0 Å². The average Bonchev–Trinajstić information content (AvgIpc) is 2.26. The molecule has 0 radical (unpaired) electrons. The van der Waals surface area contributed by atoms with Gasteiger partial charge in [0.05, 0.1) is 16.1 Å². The molecule has 4 heteroatoms. The minimum absolute atomic E-state index is 0.107. The van der Waals surface area contributed by atoms with E-state index in [1.54, 1.807) is 0 Å². The van der Waals surface area contributed by atoms with Crippen LogP contribution in [0.1, 0.15) is 26.2 Å². The molecule has 0 rings (SSSR count). The molecular weight excluding hydrogens is 208 g/mol. The Morgan fingerprint density at radius 1 is 1.40 bits per heavy atom. The fraction of sp³-hybridized carbons (Fsp3) is 0.727. The summed E-state index contributed by atoms with van der Waals surface area (Å²) in [5.41, 5.74) is 0. The lowest BCUT2D eigenvalue weighted by Crippen LogP contribution is -2.07. The van der Waals surface area contributed by atoms with Crippen molar-refractivity contribution in [2.75, 3.05) is 19.4 Å². The van der Waals surface area contributed by atoms with Crippen LogP contribution in [0, 0.1) is 0 Å². The second-order valence-electron chi connectivity index (χ2n) is 3.40. The molecule has 0 heterocycles. The Labute approximate surface area is 94.7 Å². The van der Waals surface area contributed by atoms with E-state index < -0.39 is 0 Å². The first kappa shape index (κ1) is 14.4. The molecule has 0 N–H and O–H groups in total. The van der Waals surface area contributed by atoms with Crippen LogP contribution in [0.25, 0.3) is 0 Å². The lowest BCUT2D eigenvalue weighted by Gasteiger charge is -2.03. The summed E-state index contributed by atoms with van der Waals surface area (Å²) in [6.45, 7) is 6.91. The molecule has 0 unspecified atom stereocenters. The van der Waals surface area contributed by atoms with Gasteiger partial charge in [0.2, 0.25) is 0 Å². The third kappa shape index (κ3) is 11.3. The molecule has 0 bridgehead atoms. The van der Waals surface area contributed by atoms with Crippen LogP contribution in [0.5, 0.6) is 0 Å². The van der Waals surface area contributed by atoms with Gasteiger partial charge in [0.25, 0.3) is 0 Å². The van der Waals surface area contributed by atoms with Crippen LogP contribution >= 0.6 is 0 Å². The molecule has 0 saturated carbocycles. The van der Waals surface area contributed by atoms with Gasteiger partial charge in [-0.25, -0.2) is 4.79 Å². The maximum Gasteiger partial charge on any atom is 0.330 e. The number of carbonyl (C=O) groups is 1. The Kier molecular flexibility index (Phi) is 11.0. The summed E-state index contributed by atoms with van der Waals surface area (Å²) in [7, 11) is -0.107. The Balaban J connectivity index is 2.98. The average molecular weight is 230 g/mol. The predicted octanol–water partition coefficient (Wildman–Crippen LogP) is 1.47. The van der Waals surface area contributed by atoms with Gasteiger partial charge in [-0.3, -0.25) is 0 Å². The first-order valence-electron chi connectivity index (χ1n) is 5.68. The van der Waals surface area contributed by atoms with E-state index in [9.17, 15) is 4.79 Å². The number of unbranched alkanes of at least 4 members (excludes halogenated alkanes) is 1. The zero-order valence-corrected chi connectivity index (χ0v) is 11.1. The maximum absolute atomic E-state index is 10.7. The quantitative estimate of drug-likeness (QED) is 0.247. The van der Waals surface area contributed by atoms with Crippen LogP contribution < -0.4 is 0 Å². The number of esters is 1. The number of ether oxygens (including phenoxy) is 2. The molecule has 88 valence electrons. The highest BCUT2D eigenvalue weighted by molar-refractivity contribution is 6.35. The van der Waals surface area contributed by atoms with Gasteiger partial charge in [-0.2, -0.15) is 0 Å². The number of rotatable bonds is 10. The molecule has 0 atom stereocenters. The first-order valence-corrected chi connectivity index (χ1v) is 7.68. The molecule has 0 aromatic heterocycles. The molecule has 0 aliphatic heterocycles. The molecule has 0 aliphatic carbocycles. The second-order valence-corrected chi connectivity index (χ2v) is 5.22. The molecular formula is C11H22O3Si. The van der Waals surface area contributed by atoms with Crippen molar-refractivity contribution < 1.29 is 14.3 Å². The summed E-state index contributed by atoms with van der Waals surface area (Å²) in [6, 6.07) is 1.18. The van der Waals surface area contributed by atoms with Crippen molar-refractivity contribution in [3.05, 3.63) is 12.7 Å². The van der Waals surface area contributed by atoms with E-state index in [4.69, 9.17) is 9.47 Å². The summed E-state index contributed by atoms with van der Waals surface area (Å²) in [5.74, 6) is -0.323. The highest BCUT2D eigenvalue weighted by atomic mass is 28.2. The van der Waals surface area contributed by atoms with E-state index in [-0.39, 0.29) is 15.5 Å². The lowest BCUT2D eigenvalue weighted by atomic mass is 10.4. The summed E-state index contributed by atoms with van der Waals surface area (Å²) < 4.78 is 10.3. The standard InChI is InChI=1S/C11H22O3Si/c1-3-5-7-13-10-15-9-6-8-14-11(12)4-2/h4H,2-3,5-10,15H2,1H3. The molecule has 0 saturated heterocycles. The minimum atomic E-state index is -0.323. The van der Waals surface area contributed by atoms with Crippen LogP contribution in [0.15, 0.2) is 12.7 Å². The van der Waals surface area contributed by atoms with Gasteiger partial charge in [0.1, 0.15) is 0 Å². The monoisotopic (exact) mass is 230 g/mol. The van der Waals surface area contributed by atoms with Crippen LogP contribution in [-0.2, 0) is 14.3 Å². The first-order chi connectivity index (χ1) is 7.31. The maximum atomic E-state index is 10.7. The predicted molar refractivity (Wildman–Crippen MR) is 64.9 cm³/mol. The van der Waals surface area contributed by atoms with E-state index >= 15 is 0 Å². The molecule has 0 amide bonds. The van der Waals surface area contributed by atoms with Crippen molar-refractivity contribution in [3.63, 3.8) is 0 Å². The van der Waals surface area contributed by atoms with Crippen LogP contribution in [-0.4, -0.2) is 34.9 Å². The summed E-state index contributed by atoms with van der Waals surface area (Å²) in [4.78, 5) is 10.7. The highest BCUT2D eigenvalue weighted by Crippen LogP contribution is 1.93. The van der Waals surface area contributed by atoms with Crippen LogP contribution in [0.4, 0.5) is 0 Å². The number of hydrogen-bond donors (Lipinski definition) is 0. The van der Waals surface area contributed by atoms with Gasteiger partial charge in [0.15, 0.2) is 0 Å². The second kappa shape index (κ2) is 11.5. The number of carbonyl (C=O) groups excluding carboxylic acids is 1. The zero-order chi connectivity index (χ0) is 11.4. The molecule has 0 aromatic rings. The summed E-state index contributed by atoms with van der Waals surface area (Å²) in [5, 5.41) is 0. The SMILES string of the molecule is C=CC(=O)OCCC[SiH2]COCCCC. The molecule has 0 spiro atoms. The molecule has 15 heavy (non-hydrogen) atoms. The Morgan fingerprint density at radius 3 is 2.87 bits per heavy atom. The third-order valence-corrected chi connectivity index (χ3v) is 3.56. The van der Waals surface area contributed by atoms with E-state index in [2.05, 4.69) is 13.5 Å². The van der Waals surface area contributed by atoms with Crippen molar-refractivity contribution in [3.8, 4) is 0 Å². The fourth-order valence-corrected chi connectivity index (χ4v) is 2.23. The largest absolute Gasteiger partial charge is 0.463 e. The molecule has 0 aromatic carbocycles. The Bertz CT molecular complexity index is 171. The third-order valence-electron chi connectivity index (χ3n) is 1.99. The molecule has 0 fully saturated rings. The minimum Gasteiger partial charge on any atom is -0.463 e. The Hall–Kier alpha value is -0.613. The van der Waals surface area contributed by atoms with Crippen molar-refractivity contribution in [2.24, 2.45) is 0 Å². The highest BCUT2D eigenvalue weighted by Gasteiger charge is 1.95. The van der Waals surface area contributed by atoms with E-state index in [0.29, 0.717) is 6.61 Å². The van der Waals surface area contributed by atoms with Crippen molar-refractivity contribution in [1.82, 2.24) is 0 Å². The topological polar surface area (TPSA) is 35.5 Å². The smallest absolute Gasteiger partial charge is 0.330 e. The van der Waals surface area contributed by atoms with E-state index in [1.807, 2.05) is 0 Å². The van der Waals surface area contributed by atoms with Crippen molar-refractivity contribution in [2.45, 2.75) is 32.2 Å². The van der Waals surface area contributed by atoms with Gasteiger partial charge < -0.3 is 9.47 Å². The van der Waals surface area contributed by atoms with Gasteiger partial charge in [0, 0.05) is 18.9 Å². The van der Waals surface area contributed by atoms with E-state index in [0.717, 1.165) is 25.7 Å². The Morgan fingerprint density at radius 2 is 2.20 bits per heavy atom. The van der Waals surface area contributed by atoms with Gasteiger partial charge in [-0.15, -0.1) is 0 Å². The van der Waals surface area contributed by atoms with Gasteiger partial charge in [-0.05, 0) is 12.8 Å². The number of hydrogen-bond acceptors (Lipinski definition) is 3. The van der Waals surface area contributed by atoms with Crippen molar-refractivity contribution >= 4 is 15.5 Å². The van der Waals surface area contributed by atoms with Crippen LogP contribution in [0.2, 0.25) is 6.04 Å².